The summed E-state index contributed by atoms with van der Waals surface area (Å²) in [7, 11) is 0. The molecule has 0 aliphatic carbocycles. The Bertz CT molecular complexity index is 833. The maximum atomic E-state index is 12.9. The van der Waals surface area contributed by atoms with Crippen molar-refractivity contribution in [2.45, 2.75) is 6.54 Å². The van der Waals surface area contributed by atoms with Gasteiger partial charge in [0.15, 0.2) is 0 Å². The van der Waals surface area contributed by atoms with Crippen LogP contribution in [0, 0.1) is 5.82 Å². The van der Waals surface area contributed by atoms with Crippen molar-refractivity contribution >= 4 is 21.8 Å². The van der Waals surface area contributed by atoms with Crippen LogP contribution in [0.1, 0.15) is 16.2 Å². The van der Waals surface area contributed by atoms with Crippen LogP contribution < -0.4 is 5.32 Å². The fourth-order valence-corrected chi connectivity index (χ4v) is 2.40. The third kappa shape index (κ3) is 3.62. The van der Waals surface area contributed by atoms with E-state index >= 15 is 0 Å². The minimum absolute atomic E-state index is 0.106. The molecule has 3 aromatic rings. The molecule has 0 unspecified atom stereocenters. The van der Waals surface area contributed by atoms with E-state index in [4.69, 9.17) is 4.42 Å². The van der Waals surface area contributed by atoms with Gasteiger partial charge in [-0.2, -0.15) is 0 Å². The van der Waals surface area contributed by atoms with E-state index in [1.807, 2.05) is 6.07 Å². The molecule has 1 N–H and O–H groups in total. The summed E-state index contributed by atoms with van der Waals surface area (Å²) in [5, 5.41) is 10.5. The molecule has 7 heteroatoms. The fraction of sp³-hybridized carbons (Fsp3) is 0.0625. The van der Waals surface area contributed by atoms with Crippen molar-refractivity contribution in [2.24, 2.45) is 0 Å². The second-order valence-electron chi connectivity index (χ2n) is 4.67. The summed E-state index contributed by atoms with van der Waals surface area (Å²) in [6, 6.07) is 12.8. The van der Waals surface area contributed by atoms with Crippen LogP contribution in [-0.2, 0) is 6.54 Å². The SMILES string of the molecule is O=C(NCc1nnc(-c2ccc(F)cc2)o1)c1ccccc1Br. The summed E-state index contributed by atoms with van der Waals surface area (Å²) in [6.45, 7) is 0.106. The van der Waals surface area contributed by atoms with Crippen LogP contribution >= 0.6 is 15.9 Å². The minimum Gasteiger partial charge on any atom is -0.419 e. The van der Waals surface area contributed by atoms with Crippen molar-refractivity contribution in [3.63, 3.8) is 0 Å². The number of benzene rings is 2. The Hall–Kier alpha value is -2.54. The predicted octanol–water partition coefficient (Wildman–Crippen LogP) is 3.57. The van der Waals surface area contributed by atoms with E-state index in [1.165, 1.54) is 12.1 Å². The molecule has 0 aliphatic rings. The smallest absolute Gasteiger partial charge is 0.252 e. The summed E-state index contributed by atoms with van der Waals surface area (Å²) >= 11 is 3.32. The second-order valence-corrected chi connectivity index (χ2v) is 5.52. The van der Waals surface area contributed by atoms with E-state index < -0.39 is 0 Å². The van der Waals surface area contributed by atoms with Crippen LogP contribution in [0.3, 0.4) is 0 Å². The Morgan fingerprint density at radius 2 is 1.87 bits per heavy atom. The topological polar surface area (TPSA) is 68.0 Å². The molecule has 0 fully saturated rings. The molecule has 0 saturated heterocycles. The van der Waals surface area contributed by atoms with Gasteiger partial charge in [0.2, 0.25) is 11.8 Å². The van der Waals surface area contributed by atoms with Crippen LogP contribution in [0.4, 0.5) is 4.39 Å². The Morgan fingerprint density at radius 1 is 1.13 bits per heavy atom. The largest absolute Gasteiger partial charge is 0.419 e. The number of carbonyl (C=O) groups is 1. The maximum absolute atomic E-state index is 12.9. The molecule has 116 valence electrons. The van der Waals surface area contributed by atoms with Gasteiger partial charge in [-0.1, -0.05) is 12.1 Å². The van der Waals surface area contributed by atoms with Gasteiger partial charge in [0.05, 0.1) is 12.1 Å². The number of hydrogen-bond donors (Lipinski definition) is 1. The van der Waals surface area contributed by atoms with E-state index in [0.717, 1.165) is 0 Å². The van der Waals surface area contributed by atoms with Crippen molar-refractivity contribution in [1.29, 1.82) is 0 Å². The van der Waals surface area contributed by atoms with Crippen molar-refractivity contribution < 1.29 is 13.6 Å². The first kappa shape index (κ1) is 15.4. The highest BCUT2D eigenvalue weighted by Crippen LogP contribution is 2.18. The average molecular weight is 376 g/mol. The van der Waals surface area contributed by atoms with Gasteiger partial charge in [-0.3, -0.25) is 4.79 Å². The number of aromatic nitrogens is 2. The molecule has 0 bridgehead atoms. The van der Waals surface area contributed by atoms with Crippen molar-refractivity contribution in [2.75, 3.05) is 0 Å². The summed E-state index contributed by atoms with van der Waals surface area (Å²) in [5.41, 5.74) is 1.13. The molecule has 3 rings (SSSR count). The molecule has 0 saturated carbocycles. The van der Waals surface area contributed by atoms with Crippen LogP contribution in [0.15, 0.2) is 57.4 Å². The van der Waals surface area contributed by atoms with Crippen LogP contribution in [0.25, 0.3) is 11.5 Å². The first-order chi connectivity index (χ1) is 11.1. The van der Waals surface area contributed by atoms with Crippen molar-refractivity contribution in [1.82, 2.24) is 15.5 Å². The van der Waals surface area contributed by atoms with E-state index in [-0.39, 0.29) is 30.1 Å². The second kappa shape index (κ2) is 6.70. The number of amides is 1. The average Bonchev–Trinajstić information content (AvgIpc) is 3.03. The molecular weight excluding hydrogens is 365 g/mol. The number of nitrogens with one attached hydrogen (secondary N) is 1. The first-order valence-corrected chi connectivity index (χ1v) is 7.54. The van der Waals surface area contributed by atoms with Gasteiger partial charge in [0.1, 0.15) is 5.82 Å². The third-order valence-corrected chi connectivity index (χ3v) is 3.77. The van der Waals surface area contributed by atoms with Gasteiger partial charge >= 0.3 is 0 Å². The van der Waals surface area contributed by atoms with Crippen molar-refractivity contribution in [3.8, 4) is 11.5 Å². The Balaban J connectivity index is 1.67. The molecule has 0 aliphatic heterocycles. The lowest BCUT2D eigenvalue weighted by Gasteiger charge is -2.04. The van der Waals surface area contributed by atoms with E-state index in [1.54, 1.807) is 30.3 Å². The Labute approximate surface area is 139 Å². The molecule has 5 nitrogen and oxygen atoms in total. The fourth-order valence-electron chi connectivity index (χ4n) is 1.93. The normalized spacial score (nSPS) is 10.5. The molecule has 0 radical (unpaired) electrons. The summed E-state index contributed by atoms with van der Waals surface area (Å²) in [4.78, 5) is 12.1. The molecule has 1 amide bonds. The molecule has 0 atom stereocenters. The molecule has 0 spiro atoms. The van der Waals surface area contributed by atoms with Crippen LogP contribution in [0.2, 0.25) is 0 Å². The lowest BCUT2D eigenvalue weighted by molar-refractivity contribution is 0.0946. The van der Waals surface area contributed by atoms with Crippen LogP contribution in [0.5, 0.6) is 0 Å². The highest BCUT2D eigenvalue weighted by Gasteiger charge is 2.12. The number of halogens is 2. The van der Waals surface area contributed by atoms with E-state index in [2.05, 4.69) is 31.4 Å². The zero-order valence-electron chi connectivity index (χ0n) is 11.8. The van der Waals surface area contributed by atoms with Gasteiger partial charge in [0.25, 0.3) is 5.91 Å². The Kier molecular flexibility index (Phi) is 4.47. The number of carbonyl (C=O) groups excluding carboxylic acids is 1. The minimum atomic E-state index is -0.339. The van der Waals surface area contributed by atoms with Gasteiger partial charge < -0.3 is 9.73 Å². The summed E-state index contributed by atoms with van der Waals surface area (Å²) in [5.74, 6) is -0.0481. The third-order valence-electron chi connectivity index (χ3n) is 3.08. The van der Waals surface area contributed by atoms with E-state index in [9.17, 15) is 9.18 Å². The zero-order valence-corrected chi connectivity index (χ0v) is 13.4. The number of nitrogens with zero attached hydrogens (tertiary/aromatic N) is 2. The molecule has 2 aromatic carbocycles. The lowest BCUT2D eigenvalue weighted by atomic mass is 10.2. The van der Waals surface area contributed by atoms with Gasteiger partial charge in [-0.15, -0.1) is 10.2 Å². The monoisotopic (exact) mass is 375 g/mol. The number of hydrogen-bond acceptors (Lipinski definition) is 4. The van der Waals surface area contributed by atoms with E-state index in [0.29, 0.717) is 15.6 Å². The molecule has 1 heterocycles. The van der Waals surface area contributed by atoms with Gasteiger partial charge in [0, 0.05) is 10.0 Å². The quantitative estimate of drug-likeness (QED) is 0.756. The van der Waals surface area contributed by atoms with Crippen molar-refractivity contribution in [3.05, 3.63) is 70.3 Å². The Morgan fingerprint density at radius 3 is 2.61 bits per heavy atom. The maximum Gasteiger partial charge on any atom is 0.252 e. The van der Waals surface area contributed by atoms with Gasteiger partial charge in [-0.25, -0.2) is 4.39 Å². The molecule has 23 heavy (non-hydrogen) atoms. The van der Waals surface area contributed by atoms with Gasteiger partial charge in [-0.05, 0) is 52.3 Å². The highest BCUT2D eigenvalue weighted by atomic mass is 79.9. The molecular formula is C16H11BrFN3O2. The molecule has 1 aromatic heterocycles. The number of rotatable bonds is 4. The first-order valence-electron chi connectivity index (χ1n) is 6.74. The predicted molar refractivity (Wildman–Crippen MR) is 85.0 cm³/mol. The lowest BCUT2D eigenvalue weighted by Crippen LogP contribution is -2.23. The zero-order chi connectivity index (χ0) is 16.2. The van der Waals surface area contributed by atoms with Crippen LogP contribution in [-0.4, -0.2) is 16.1 Å². The summed E-state index contributed by atoms with van der Waals surface area (Å²) < 4.78 is 19.1. The summed E-state index contributed by atoms with van der Waals surface area (Å²) in [6.07, 6.45) is 0. The highest BCUT2D eigenvalue weighted by molar-refractivity contribution is 9.10. The standard InChI is InChI=1S/C16H11BrFN3O2/c17-13-4-2-1-3-12(13)15(22)19-9-14-20-21-16(23-14)10-5-7-11(18)8-6-10/h1-8H,9H2,(H,19,22).